The zero-order valence-electron chi connectivity index (χ0n) is 17.5. The predicted octanol–water partition coefficient (Wildman–Crippen LogP) is 4.73. The summed E-state index contributed by atoms with van der Waals surface area (Å²) >= 11 is 6.51. The van der Waals surface area contributed by atoms with Crippen molar-refractivity contribution < 1.29 is 0 Å². The van der Waals surface area contributed by atoms with Gasteiger partial charge >= 0.3 is 0 Å². The van der Waals surface area contributed by atoms with Gasteiger partial charge in [0.05, 0.1) is 11.1 Å². The molecule has 1 saturated heterocycles. The number of aryl methyl sites for hydroxylation is 1. The number of nitrogens with two attached hydrogens (primary N) is 1. The lowest BCUT2D eigenvalue weighted by Gasteiger charge is -2.32. The first kappa shape index (κ1) is 19.8. The summed E-state index contributed by atoms with van der Waals surface area (Å²) < 4.78 is 1.65. The fraction of sp³-hybridized carbons (Fsp3) is 0.292. The zero-order valence-corrected chi connectivity index (χ0v) is 18.3. The molecule has 0 radical (unpaired) electrons. The van der Waals surface area contributed by atoms with Crippen LogP contribution in [0.5, 0.6) is 0 Å². The van der Waals surface area contributed by atoms with Crippen molar-refractivity contribution in [3.05, 3.63) is 65.2 Å². The summed E-state index contributed by atoms with van der Waals surface area (Å²) in [4.78, 5) is 12.0. The first-order valence-corrected chi connectivity index (χ1v) is 11.0. The molecule has 6 nitrogen and oxygen atoms in total. The molecule has 0 spiro atoms. The molecule has 1 fully saturated rings. The van der Waals surface area contributed by atoms with E-state index in [-0.39, 0.29) is 0 Å². The third-order valence-corrected chi connectivity index (χ3v) is 6.45. The number of nitrogens with zero attached hydrogens (tertiary/aromatic N) is 5. The average Bonchev–Trinajstić information content (AvgIpc) is 3.08. The van der Waals surface area contributed by atoms with Gasteiger partial charge in [-0.3, -0.25) is 4.68 Å². The van der Waals surface area contributed by atoms with Gasteiger partial charge in [-0.1, -0.05) is 60.1 Å². The van der Waals surface area contributed by atoms with Crippen LogP contribution in [0.15, 0.2) is 54.6 Å². The van der Waals surface area contributed by atoms with E-state index < -0.39 is 0 Å². The monoisotopic (exact) mass is 432 g/mol. The van der Waals surface area contributed by atoms with Gasteiger partial charge in [-0.05, 0) is 36.8 Å². The smallest absolute Gasteiger partial charge is 0.228 e. The lowest BCUT2D eigenvalue weighted by Crippen LogP contribution is -2.35. The van der Waals surface area contributed by atoms with Crippen LogP contribution in [0.1, 0.15) is 18.4 Å². The van der Waals surface area contributed by atoms with Crippen molar-refractivity contribution in [2.24, 2.45) is 13.0 Å². The summed E-state index contributed by atoms with van der Waals surface area (Å²) in [6.07, 6.45) is 3.35. The second-order valence-corrected chi connectivity index (χ2v) is 8.59. The molecule has 158 valence electrons. The van der Waals surface area contributed by atoms with E-state index in [1.807, 2.05) is 31.3 Å². The van der Waals surface area contributed by atoms with E-state index >= 15 is 0 Å². The Bertz CT molecular complexity index is 1210. The molecular formula is C24H25ClN6. The molecule has 5 rings (SSSR count). The quantitative estimate of drug-likeness (QED) is 0.505. The average molecular weight is 433 g/mol. The van der Waals surface area contributed by atoms with Crippen LogP contribution in [0.25, 0.3) is 22.3 Å². The number of benzene rings is 2. The van der Waals surface area contributed by atoms with E-state index in [0.717, 1.165) is 49.0 Å². The fourth-order valence-corrected chi connectivity index (χ4v) is 4.60. The Balaban J connectivity index is 1.45. The van der Waals surface area contributed by atoms with Crippen molar-refractivity contribution in [1.82, 2.24) is 19.7 Å². The van der Waals surface area contributed by atoms with E-state index in [1.165, 1.54) is 5.56 Å². The highest BCUT2D eigenvalue weighted by Gasteiger charge is 2.25. The summed E-state index contributed by atoms with van der Waals surface area (Å²) in [7, 11) is 1.82. The van der Waals surface area contributed by atoms with E-state index in [0.29, 0.717) is 28.4 Å². The molecule has 0 amide bonds. The molecule has 0 bridgehead atoms. The molecule has 2 aromatic heterocycles. The molecule has 31 heavy (non-hydrogen) atoms. The largest absolute Gasteiger partial charge is 0.383 e. The Labute approximate surface area is 186 Å². The lowest BCUT2D eigenvalue weighted by molar-refractivity contribution is 0.401. The molecule has 0 atom stereocenters. The molecule has 3 heterocycles. The fourth-order valence-electron chi connectivity index (χ4n) is 4.38. The topological polar surface area (TPSA) is 72.9 Å². The van der Waals surface area contributed by atoms with Crippen LogP contribution in [0.2, 0.25) is 5.02 Å². The number of nitrogen functional groups attached to an aromatic ring is 1. The van der Waals surface area contributed by atoms with Crippen LogP contribution in [-0.2, 0) is 13.5 Å². The molecule has 7 heteroatoms. The van der Waals surface area contributed by atoms with Gasteiger partial charge in [-0.2, -0.15) is 10.1 Å². The minimum Gasteiger partial charge on any atom is -0.383 e. The van der Waals surface area contributed by atoms with Gasteiger partial charge in [0.25, 0.3) is 0 Å². The first-order chi connectivity index (χ1) is 15.1. The van der Waals surface area contributed by atoms with Gasteiger partial charge in [0.1, 0.15) is 5.82 Å². The summed E-state index contributed by atoms with van der Waals surface area (Å²) in [6, 6.07) is 18.4. The van der Waals surface area contributed by atoms with Crippen molar-refractivity contribution in [3.8, 4) is 11.3 Å². The minimum absolute atomic E-state index is 0.540. The molecule has 1 aliphatic rings. The normalized spacial score (nSPS) is 15.0. The van der Waals surface area contributed by atoms with Crippen LogP contribution in [0.3, 0.4) is 0 Å². The van der Waals surface area contributed by atoms with Gasteiger partial charge in [-0.15, -0.1) is 0 Å². The van der Waals surface area contributed by atoms with E-state index in [9.17, 15) is 0 Å². The SMILES string of the molecule is Cn1nc2nc(N3CCC(Cc4ccccc4)CC3)nc(-c3ccccc3Cl)c2c1N. The summed E-state index contributed by atoms with van der Waals surface area (Å²) in [5.41, 5.74) is 9.90. The molecule has 0 saturated carbocycles. The number of anilines is 2. The first-order valence-electron chi connectivity index (χ1n) is 10.6. The van der Waals surface area contributed by atoms with Crippen molar-refractivity contribution >= 4 is 34.4 Å². The van der Waals surface area contributed by atoms with Crippen LogP contribution < -0.4 is 10.6 Å². The van der Waals surface area contributed by atoms with Crippen molar-refractivity contribution in [3.63, 3.8) is 0 Å². The lowest BCUT2D eigenvalue weighted by atomic mass is 9.90. The molecule has 2 aromatic carbocycles. The highest BCUT2D eigenvalue weighted by molar-refractivity contribution is 6.33. The third kappa shape index (κ3) is 3.83. The minimum atomic E-state index is 0.540. The molecule has 2 N–H and O–H groups in total. The molecule has 4 aromatic rings. The number of piperidine rings is 1. The Kier molecular flexibility index (Phi) is 5.24. The number of hydrogen-bond acceptors (Lipinski definition) is 5. The molecule has 0 aliphatic carbocycles. The van der Waals surface area contributed by atoms with E-state index in [1.54, 1.807) is 4.68 Å². The number of aromatic nitrogens is 4. The maximum absolute atomic E-state index is 6.51. The van der Waals surface area contributed by atoms with Gasteiger partial charge in [-0.25, -0.2) is 4.98 Å². The van der Waals surface area contributed by atoms with E-state index in [2.05, 4.69) is 40.3 Å². The van der Waals surface area contributed by atoms with Crippen molar-refractivity contribution in [2.45, 2.75) is 19.3 Å². The number of fused-ring (bicyclic) bond motifs is 1. The number of rotatable bonds is 4. The van der Waals surface area contributed by atoms with Crippen LogP contribution in [-0.4, -0.2) is 32.8 Å². The molecule has 0 unspecified atom stereocenters. The van der Waals surface area contributed by atoms with Gasteiger partial charge in [0.2, 0.25) is 5.95 Å². The summed E-state index contributed by atoms with van der Waals surface area (Å²) in [6.45, 7) is 1.85. The maximum Gasteiger partial charge on any atom is 0.228 e. The third-order valence-electron chi connectivity index (χ3n) is 6.12. The predicted molar refractivity (Wildman–Crippen MR) is 126 cm³/mol. The standard InChI is InChI=1S/C24H25ClN6/c1-30-22(26)20-21(18-9-5-6-10-19(18)25)27-24(28-23(20)29-30)31-13-11-17(12-14-31)15-16-7-3-2-4-8-16/h2-10,17H,11-15,26H2,1H3. The van der Waals surface area contributed by atoms with Gasteiger partial charge in [0.15, 0.2) is 5.65 Å². The highest BCUT2D eigenvalue weighted by atomic mass is 35.5. The Morgan fingerprint density at radius 3 is 2.45 bits per heavy atom. The number of hydrogen-bond donors (Lipinski definition) is 1. The van der Waals surface area contributed by atoms with E-state index in [4.69, 9.17) is 27.3 Å². The van der Waals surface area contributed by atoms with Gasteiger partial charge < -0.3 is 10.6 Å². The van der Waals surface area contributed by atoms with Crippen LogP contribution in [0, 0.1) is 5.92 Å². The maximum atomic E-state index is 6.51. The number of halogens is 1. The zero-order chi connectivity index (χ0) is 21.4. The second-order valence-electron chi connectivity index (χ2n) is 8.18. The van der Waals surface area contributed by atoms with Crippen molar-refractivity contribution in [1.29, 1.82) is 0 Å². The summed E-state index contributed by atoms with van der Waals surface area (Å²) in [5, 5.41) is 5.91. The Hall–Kier alpha value is -3.12. The Morgan fingerprint density at radius 1 is 1.00 bits per heavy atom. The molecular weight excluding hydrogens is 408 g/mol. The van der Waals surface area contributed by atoms with Crippen LogP contribution in [0.4, 0.5) is 11.8 Å². The van der Waals surface area contributed by atoms with Crippen LogP contribution >= 0.6 is 11.6 Å². The molecule has 1 aliphatic heterocycles. The van der Waals surface area contributed by atoms with Gasteiger partial charge in [0, 0.05) is 30.7 Å². The summed E-state index contributed by atoms with van der Waals surface area (Å²) in [5.74, 6) is 1.91. The second kappa shape index (κ2) is 8.19. The highest BCUT2D eigenvalue weighted by Crippen LogP contribution is 2.36. The van der Waals surface area contributed by atoms with Crippen molar-refractivity contribution in [2.75, 3.05) is 23.7 Å². The Morgan fingerprint density at radius 2 is 1.71 bits per heavy atom.